The molecule has 1 aromatic rings. The molecular weight excluding hydrogens is 310 g/mol. The molecule has 6 heteroatoms. The average Bonchev–Trinajstić information content (AvgIpc) is 2.68. The van der Waals surface area contributed by atoms with Crippen LogP contribution < -0.4 is 4.74 Å². The number of rotatable bonds is 2. The monoisotopic (exact) mass is 331 g/mol. The number of ketones is 1. The van der Waals surface area contributed by atoms with E-state index in [1.165, 1.54) is 11.8 Å². The number of benzene rings is 1. The van der Waals surface area contributed by atoms with Gasteiger partial charge in [-0.25, -0.2) is 4.79 Å². The summed E-state index contributed by atoms with van der Waals surface area (Å²) >= 11 is 0. The SMILES string of the molecule is Cc1ccc2c(c1)C(=O)CC1(CCC(=O)N(C(C)C(=O)O)CC1)O2. The molecule has 1 saturated heterocycles. The first-order chi connectivity index (χ1) is 11.3. The van der Waals surface area contributed by atoms with E-state index in [9.17, 15) is 14.4 Å². The van der Waals surface area contributed by atoms with Gasteiger partial charge in [-0.3, -0.25) is 9.59 Å². The Labute approximate surface area is 140 Å². The Morgan fingerprint density at radius 2 is 2.08 bits per heavy atom. The number of fused-ring (bicyclic) bond motifs is 1. The first kappa shape index (κ1) is 16.5. The molecule has 24 heavy (non-hydrogen) atoms. The molecule has 2 unspecified atom stereocenters. The molecule has 1 fully saturated rings. The Morgan fingerprint density at radius 3 is 2.79 bits per heavy atom. The van der Waals surface area contributed by atoms with Crippen LogP contribution in [0.15, 0.2) is 18.2 Å². The first-order valence-electron chi connectivity index (χ1n) is 8.16. The number of hydrogen-bond donors (Lipinski definition) is 1. The Bertz CT molecular complexity index is 713. The van der Waals surface area contributed by atoms with Crippen molar-refractivity contribution < 1.29 is 24.2 Å². The third-order valence-corrected chi connectivity index (χ3v) is 4.99. The van der Waals surface area contributed by atoms with Crippen LogP contribution in [0, 0.1) is 6.92 Å². The molecule has 2 aliphatic rings. The van der Waals surface area contributed by atoms with Crippen molar-refractivity contribution in [2.75, 3.05) is 6.54 Å². The molecule has 2 heterocycles. The number of carboxylic acids is 1. The van der Waals surface area contributed by atoms with Crippen molar-refractivity contribution in [3.05, 3.63) is 29.3 Å². The fourth-order valence-electron chi connectivity index (χ4n) is 3.48. The van der Waals surface area contributed by atoms with Gasteiger partial charge in [-0.15, -0.1) is 0 Å². The van der Waals surface area contributed by atoms with E-state index in [4.69, 9.17) is 9.84 Å². The zero-order chi connectivity index (χ0) is 17.5. The number of Topliss-reactive ketones (excluding diaryl/α,β-unsaturated/α-hetero) is 1. The summed E-state index contributed by atoms with van der Waals surface area (Å²) in [5, 5.41) is 9.16. The van der Waals surface area contributed by atoms with E-state index in [-0.39, 0.29) is 31.1 Å². The lowest BCUT2D eigenvalue weighted by molar-refractivity contribution is -0.149. The van der Waals surface area contributed by atoms with Gasteiger partial charge in [0.25, 0.3) is 0 Å². The highest BCUT2D eigenvalue weighted by atomic mass is 16.5. The minimum absolute atomic E-state index is 0.0205. The summed E-state index contributed by atoms with van der Waals surface area (Å²) in [5.74, 6) is -0.649. The summed E-state index contributed by atoms with van der Waals surface area (Å²) < 4.78 is 6.16. The van der Waals surface area contributed by atoms with Crippen molar-refractivity contribution in [3.63, 3.8) is 0 Å². The number of nitrogens with zero attached hydrogens (tertiary/aromatic N) is 1. The third kappa shape index (κ3) is 2.88. The minimum atomic E-state index is -1.03. The van der Waals surface area contributed by atoms with Crippen LogP contribution >= 0.6 is 0 Å². The normalized spacial score (nSPS) is 25.0. The number of hydrogen-bond acceptors (Lipinski definition) is 4. The van der Waals surface area contributed by atoms with Crippen molar-refractivity contribution in [2.45, 2.75) is 51.2 Å². The Morgan fingerprint density at radius 1 is 1.33 bits per heavy atom. The second-order valence-corrected chi connectivity index (χ2v) is 6.74. The summed E-state index contributed by atoms with van der Waals surface area (Å²) in [4.78, 5) is 37.4. The molecule has 0 saturated carbocycles. The van der Waals surface area contributed by atoms with Crippen LogP contribution in [0.5, 0.6) is 5.75 Å². The zero-order valence-electron chi connectivity index (χ0n) is 13.9. The van der Waals surface area contributed by atoms with Gasteiger partial charge in [0.1, 0.15) is 17.4 Å². The summed E-state index contributed by atoms with van der Waals surface area (Å²) in [6, 6.07) is 4.65. The van der Waals surface area contributed by atoms with E-state index >= 15 is 0 Å². The molecule has 1 spiro atoms. The number of aliphatic carboxylic acids is 1. The number of carbonyl (C=O) groups excluding carboxylic acids is 2. The van der Waals surface area contributed by atoms with Crippen LogP contribution in [-0.2, 0) is 9.59 Å². The van der Waals surface area contributed by atoms with Crippen LogP contribution in [0.4, 0.5) is 0 Å². The Hall–Kier alpha value is -2.37. The van der Waals surface area contributed by atoms with Gasteiger partial charge >= 0.3 is 5.97 Å². The Kier molecular flexibility index (Phi) is 4.07. The molecule has 128 valence electrons. The van der Waals surface area contributed by atoms with E-state index in [2.05, 4.69) is 0 Å². The van der Waals surface area contributed by atoms with Crippen molar-refractivity contribution in [1.29, 1.82) is 0 Å². The fourth-order valence-corrected chi connectivity index (χ4v) is 3.48. The molecule has 2 atom stereocenters. The van der Waals surface area contributed by atoms with Crippen molar-refractivity contribution >= 4 is 17.7 Å². The van der Waals surface area contributed by atoms with E-state index < -0.39 is 17.6 Å². The summed E-state index contributed by atoms with van der Waals surface area (Å²) in [7, 11) is 0. The lowest BCUT2D eigenvalue weighted by atomic mass is 9.84. The number of amides is 1. The van der Waals surface area contributed by atoms with Gasteiger partial charge < -0.3 is 14.7 Å². The molecule has 3 rings (SSSR count). The van der Waals surface area contributed by atoms with Crippen molar-refractivity contribution in [2.24, 2.45) is 0 Å². The van der Waals surface area contributed by atoms with E-state index in [1.54, 1.807) is 6.07 Å². The summed E-state index contributed by atoms with van der Waals surface area (Å²) in [5.41, 5.74) is 0.869. The number of carboxylic acid groups (broad SMARTS) is 1. The highest BCUT2D eigenvalue weighted by molar-refractivity contribution is 6.00. The average molecular weight is 331 g/mol. The number of ether oxygens (including phenoxy) is 1. The molecule has 1 N–H and O–H groups in total. The predicted molar refractivity (Wildman–Crippen MR) is 86.1 cm³/mol. The smallest absolute Gasteiger partial charge is 0.326 e. The summed E-state index contributed by atoms with van der Waals surface area (Å²) in [6.45, 7) is 3.71. The molecule has 0 aliphatic carbocycles. The van der Waals surface area contributed by atoms with Gasteiger partial charge in [-0.2, -0.15) is 0 Å². The van der Waals surface area contributed by atoms with E-state index in [0.29, 0.717) is 24.2 Å². The van der Waals surface area contributed by atoms with Crippen LogP contribution in [0.2, 0.25) is 0 Å². The topological polar surface area (TPSA) is 83.9 Å². The van der Waals surface area contributed by atoms with Crippen LogP contribution in [0.25, 0.3) is 0 Å². The highest BCUT2D eigenvalue weighted by Gasteiger charge is 2.44. The van der Waals surface area contributed by atoms with Gasteiger partial charge in [0, 0.05) is 19.4 Å². The maximum absolute atomic E-state index is 12.6. The van der Waals surface area contributed by atoms with Gasteiger partial charge in [0.15, 0.2) is 5.78 Å². The van der Waals surface area contributed by atoms with Crippen molar-refractivity contribution in [1.82, 2.24) is 4.90 Å². The second kappa shape index (κ2) is 5.92. The molecular formula is C18H21NO5. The molecule has 6 nitrogen and oxygen atoms in total. The van der Waals surface area contributed by atoms with Crippen LogP contribution in [0.3, 0.4) is 0 Å². The van der Waals surface area contributed by atoms with E-state index in [0.717, 1.165) is 5.56 Å². The number of aryl methyl sites for hydroxylation is 1. The van der Waals surface area contributed by atoms with Gasteiger partial charge in [-0.1, -0.05) is 11.6 Å². The van der Waals surface area contributed by atoms with Gasteiger partial charge in [0.2, 0.25) is 5.91 Å². The molecule has 2 aliphatic heterocycles. The first-order valence-corrected chi connectivity index (χ1v) is 8.16. The molecule has 0 radical (unpaired) electrons. The maximum atomic E-state index is 12.6. The van der Waals surface area contributed by atoms with Crippen LogP contribution in [-0.4, -0.2) is 45.9 Å². The Balaban J connectivity index is 1.85. The highest BCUT2D eigenvalue weighted by Crippen LogP contribution is 2.40. The standard InChI is InChI=1S/C18H21NO5/c1-11-3-4-15-13(9-11)14(20)10-18(24-15)6-5-16(21)19(8-7-18)12(2)17(22)23/h3-4,9,12H,5-8,10H2,1-2H3,(H,22,23). The van der Waals surface area contributed by atoms with Crippen molar-refractivity contribution in [3.8, 4) is 5.75 Å². The van der Waals surface area contributed by atoms with Gasteiger partial charge in [-0.05, 0) is 32.4 Å². The second-order valence-electron chi connectivity index (χ2n) is 6.74. The summed E-state index contributed by atoms with van der Waals surface area (Å²) in [6.07, 6.45) is 1.29. The number of likely N-dealkylation sites (tertiary alicyclic amines) is 1. The lowest BCUT2D eigenvalue weighted by Crippen LogP contribution is -2.45. The number of carbonyl (C=O) groups is 3. The predicted octanol–water partition coefficient (Wildman–Crippen LogP) is 2.18. The zero-order valence-corrected chi connectivity index (χ0v) is 13.9. The maximum Gasteiger partial charge on any atom is 0.326 e. The lowest BCUT2D eigenvalue weighted by Gasteiger charge is -2.37. The molecule has 0 aromatic heterocycles. The largest absolute Gasteiger partial charge is 0.486 e. The minimum Gasteiger partial charge on any atom is -0.486 e. The molecule has 1 amide bonds. The fraction of sp³-hybridized carbons (Fsp3) is 0.500. The van der Waals surface area contributed by atoms with Gasteiger partial charge in [0.05, 0.1) is 12.0 Å². The quantitative estimate of drug-likeness (QED) is 0.898. The molecule has 1 aromatic carbocycles. The van der Waals surface area contributed by atoms with Crippen LogP contribution in [0.1, 0.15) is 48.5 Å². The third-order valence-electron chi connectivity index (χ3n) is 4.99. The molecule has 0 bridgehead atoms. The van der Waals surface area contributed by atoms with E-state index in [1.807, 2.05) is 19.1 Å².